The zero-order valence-corrected chi connectivity index (χ0v) is 9.36. The van der Waals surface area contributed by atoms with Crippen LogP contribution < -0.4 is 10.6 Å². The van der Waals surface area contributed by atoms with Gasteiger partial charge in [0.25, 0.3) is 0 Å². The van der Waals surface area contributed by atoms with Crippen molar-refractivity contribution >= 4 is 30.8 Å². The van der Waals surface area contributed by atoms with E-state index >= 15 is 0 Å². The van der Waals surface area contributed by atoms with E-state index in [1.54, 1.807) is 6.21 Å². The Morgan fingerprint density at radius 1 is 1.31 bits per heavy atom. The van der Waals surface area contributed by atoms with Gasteiger partial charge in [-0.3, -0.25) is 9.98 Å². The largest absolute Gasteiger partial charge is 0.260 e. The van der Waals surface area contributed by atoms with E-state index in [4.69, 9.17) is 0 Å². The number of aliphatic imine (C=N–C) groups is 2. The smallest absolute Gasteiger partial charge is 0.116 e. The highest BCUT2D eigenvalue weighted by Crippen LogP contribution is 2.27. The lowest BCUT2D eigenvalue weighted by molar-refractivity contribution is 1.08. The van der Waals surface area contributed by atoms with Crippen molar-refractivity contribution in [2.45, 2.75) is 13.8 Å². The first-order chi connectivity index (χ1) is 7.70. The van der Waals surface area contributed by atoms with Crippen LogP contribution in [0.25, 0.3) is 17.8 Å². The Hall–Kier alpha value is -2.10. The van der Waals surface area contributed by atoms with Gasteiger partial charge in [0.2, 0.25) is 0 Å². The van der Waals surface area contributed by atoms with Gasteiger partial charge in [-0.1, -0.05) is 6.58 Å². The van der Waals surface area contributed by atoms with Crippen LogP contribution >= 0.6 is 0 Å². The number of nitrogens with zero attached hydrogens (tertiary/aromatic N) is 4. The van der Waals surface area contributed by atoms with Crippen LogP contribution in [0.5, 0.6) is 0 Å². The monoisotopic (exact) mass is 212 g/mol. The average Bonchev–Trinajstić information content (AvgIpc) is 2.54. The molecule has 1 heterocycles. The van der Waals surface area contributed by atoms with Crippen molar-refractivity contribution in [3.8, 4) is 0 Å². The van der Waals surface area contributed by atoms with Gasteiger partial charge in [-0.05, 0) is 26.1 Å². The molecule has 2 rings (SSSR count). The zero-order valence-electron chi connectivity index (χ0n) is 9.36. The molecule has 1 aliphatic carbocycles. The van der Waals surface area contributed by atoms with E-state index in [9.17, 15) is 0 Å². The Kier molecular flexibility index (Phi) is 2.48. The average molecular weight is 212 g/mol. The second-order valence-electron chi connectivity index (χ2n) is 3.41. The summed E-state index contributed by atoms with van der Waals surface area (Å²) in [5.74, 6) is 0. The van der Waals surface area contributed by atoms with E-state index in [1.165, 1.54) is 6.33 Å². The Balaban J connectivity index is 2.89. The van der Waals surface area contributed by atoms with E-state index in [0.29, 0.717) is 11.0 Å². The molecule has 0 aliphatic heterocycles. The minimum absolute atomic E-state index is 0.699. The molecule has 0 unspecified atom stereocenters. The van der Waals surface area contributed by atoms with Crippen molar-refractivity contribution in [2.75, 3.05) is 0 Å². The summed E-state index contributed by atoms with van der Waals surface area (Å²) < 4.78 is 0. The number of allylic oxidation sites excluding steroid dienone is 1. The molecule has 1 aromatic rings. The summed E-state index contributed by atoms with van der Waals surface area (Å²) in [6, 6.07) is 0. The van der Waals surface area contributed by atoms with Crippen LogP contribution in [0, 0.1) is 0 Å². The molecule has 0 amide bonds. The first kappa shape index (κ1) is 10.4. The maximum absolute atomic E-state index is 4.30. The third-order valence-corrected chi connectivity index (χ3v) is 2.52. The van der Waals surface area contributed by atoms with Gasteiger partial charge in [0.05, 0.1) is 11.0 Å². The van der Waals surface area contributed by atoms with Crippen molar-refractivity contribution in [3.63, 3.8) is 0 Å². The third-order valence-electron chi connectivity index (χ3n) is 2.52. The second-order valence-corrected chi connectivity index (χ2v) is 3.41. The summed E-state index contributed by atoms with van der Waals surface area (Å²) in [6.45, 7) is 11.3. The summed E-state index contributed by atoms with van der Waals surface area (Å²) in [7, 11) is 0. The molecule has 80 valence electrons. The Morgan fingerprint density at radius 2 is 2.06 bits per heavy atom. The van der Waals surface area contributed by atoms with Gasteiger partial charge in [-0.25, -0.2) is 9.97 Å². The van der Waals surface area contributed by atoms with Gasteiger partial charge in [0.15, 0.2) is 0 Å². The van der Waals surface area contributed by atoms with Crippen LogP contribution in [0.2, 0.25) is 0 Å². The maximum Gasteiger partial charge on any atom is 0.116 e. The third kappa shape index (κ3) is 1.31. The summed E-state index contributed by atoms with van der Waals surface area (Å²) in [5.41, 5.74) is 3.28. The van der Waals surface area contributed by atoms with Gasteiger partial charge in [-0.15, -0.1) is 0 Å². The van der Waals surface area contributed by atoms with Crippen molar-refractivity contribution in [1.82, 2.24) is 9.97 Å². The van der Waals surface area contributed by atoms with Crippen LogP contribution in [0.4, 0.5) is 0 Å². The van der Waals surface area contributed by atoms with Gasteiger partial charge in [0, 0.05) is 11.4 Å². The Morgan fingerprint density at radius 3 is 2.69 bits per heavy atom. The molecule has 0 saturated carbocycles. The Bertz CT molecular complexity index is 623. The zero-order chi connectivity index (χ0) is 11.7. The number of fused-ring (bicyclic) bond motifs is 1. The molecule has 0 saturated heterocycles. The standard InChI is InChI=1S/C12H12N4/c1-5-14-10-7(2)9-8(3)15-6-16-11(9)12(10)13-4/h5-6H,3-4H2,1-2H3/b14-5-. The molecule has 0 fully saturated rings. The normalized spacial score (nSPS) is 14.8. The molecule has 0 aromatic carbocycles. The molecule has 0 spiro atoms. The fourth-order valence-corrected chi connectivity index (χ4v) is 1.84. The van der Waals surface area contributed by atoms with Crippen molar-refractivity contribution in [1.29, 1.82) is 0 Å². The Labute approximate surface area is 93.5 Å². The first-order valence-electron chi connectivity index (χ1n) is 4.92. The summed E-state index contributed by atoms with van der Waals surface area (Å²) >= 11 is 0. The topological polar surface area (TPSA) is 50.5 Å². The van der Waals surface area contributed by atoms with Crippen molar-refractivity contribution in [3.05, 3.63) is 28.3 Å². The van der Waals surface area contributed by atoms with Gasteiger partial charge in [0.1, 0.15) is 17.7 Å². The molecule has 0 atom stereocenters. The molecular weight excluding hydrogens is 200 g/mol. The molecule has 0 bridgehead atoms. The minimum atomic E-state index is 0.699. The van der Waals surface area contributed by atoms with Crippen LogP contribution in [0.15, 0.2) is 22.0 Å². The molecule has 1 aromatic heterocycles. The van der Waals surface area contributed by atoms with E-state index in [-0.39, 0.29) is 0 Å². The fourth-order valence-electron chi connectivity index (χ4n) is 1.84. The summed E-state index contributed by atoms with van der Waals surface area (Å²) in [6.07, 6.45) is 3.21. The minimum Gasteiger partial charge on any atom is -0.260 e. The molecule has 4 nitrogen and oxygen atoms in total. The molecule has 1 aliphatic rings. The molecular formula is C12H12N4. The predicted molar refractivity (Wildman–Crippen MR) is 66.5 cm³/mol. The lowest BCUT2D eigenvalue weighted by Crippen LogP contribution is -2.30. The number of hydrogen-bond donors (Lipinski definition) is 0. The lowest BCUT2D eigenvalue weighted by Gasteiger charge is -1.97. The van der Waals surface area contributed by atoms with E-state index in [1.807, 2.05) is 13.8 Å². The quantitative estimate of drug-likeness (QED) is 0.671. The lowest BCUT2D eigenvalue weighted by atomic mass is 10.2. The van der Waals surface area contributed by atoms with Crippen LogP contribution in [-0.2, 0) is 0 Å². The highest BCUT2D eigenvalue weighted by atomic mass is 14.9. The van der Waals surface area contributed by atoms with E-state index in [0.717, 1.165) is 22.2 Å². The van der Waals surface area contributed by atoms with E-state index < -0.39 is 0 Å². The number of rotatable bonds is 2. The second kappa shape index (κ2) is 3.81. The molecule has 0 radical (unpaired) electrons. The molecule has 4 heteroatoms. The first-order valence-corrected chi connectivity index (χ1v) is 4.92. The maximum atomic E-state index is 4.30. The SMILES string of the molecule is C=NC1=C(/N=C\C)C(C)=c2c1ncnc2=C. The van der Waals surface area contributed by atoms with Crippen LogP contribution in [0.1, 0.15) is 19.5 Å². The summed E-state index contributed by atoms with van der Waals surface area (Å²) in [4.78, 5) is 16.6. The molecule has 16 heavy (non-hydrogen) atoms. The van der Waals surface area contributed by atoms with Crippen LogP contribution in [0.3, 0.4) is 0 Å². The van der Waals surface area contributed by atoms with Crippen LogP contribution in [-0.4, -0.2) is 22.9 Å². The van der Waals surface area contributed by atoms with E-state index in [2.05, 4.69) is 33.2 Å². The number of hydrogen-bond acceptors (Lipinski definition) is 4. The van der Waals surface area contributed by atoms with Crippen molar-refractivity contribution in [2.24, 2.45) is 9.98 Å². The van der Waals surface area contributed by atoms with Gasteiger partial charge in [-0.2, -0.15) is 0 Å². The highest BCUT2D eigenvalue weighted by Gasteiger charge is 2.20. The number of aromatic nitrogens is 2. The predicted octanol–water partition coefficient (Wildman–Crippen LogP) is 0.531. The fraction of sp³-hybridized carbons (Fsp3) is 0.167. The summed E-state index contributed by atoms with van der Waals surface area (Å²) in [5, 5.41) is 1.62. The highest BCUT2D eigenvalue weighted by molar-refractivity contribution is 5.88. The van der Waals surface area contributed by atoms with Gasteiger partial charge >= 0.3 is 0 Å². The van der Waals surface area contributed by atoms with Gasteiger partial charge < -0.3 is 0 Å². The molecule has 0 N–H and O–H groups in total. The van der Waals surface area contributed by atoms with Crippen molar-refractivity contribution < 1.29 is 0 Å².